The lowest BCUT2D eigenvalue weighted by atomic mass is 10.1. The second kappa shape index (κ2) is 11.8. The molecule has 8 heteroatoms. The Morgan fingerprint density at radius 3 is 2.55 bits per heavy atom. The SMILES string of the molecule is CCOc1cc(/C=C(\C#N)C(=O)Nc2ccc(Br)cc2)cc(Cl)c1OCc1cccc(Cl)c1. The van der Waals surface area contributed by atoms with E-state index in [2.05, 4.69) is 21.2 Å². The zero-order chi connectivity index (χ0) is 23.8. The molecule has 0 atom stereocenters. The third-order valence-corrected chi connectivity index (χ3v) is 5.43. The van der Waals surface area contributed by atoms with Crippen molar-refractivity contribution in [3.05, 3.63) is 91.9 Å². The van der Waals surface area contributed by atoms with Gasteiger partial charge in [-0.15, -0.1) is 0 Å². The molecule has 33 heavy (non-hydrogen) atoms. The number of carbonyl (C=O) groups is 1. The van der Waals surface area contributed by atoms with Crippen LogP contribution < -0.4 is 14.8 Å². The molecule has 0 aromatic heterocycles. The molecule has 0 spiro atoms. The van der Waals surface area contributed by atoms with E-state index in [9.17, 15) is 10.1 Å². The van der Waals surface area contributed by atoms with E-state index in [1.807, 2.05) is 25.1 Å². The van der Waals surface area contributed by atoms with Gasteiger partial charge in [-0.3, -0.25) is 4.79 Å². The van der Waals surface area contributed by atoms with Crippen molar-refractivity contribution >= 4 is 56.8 Å². The van der Waals surface area contributed by atoms with Crippen LogP contribution in [0.1, 0.15) is 18.1 Å². The molecule has 1 N–H and O–H groups in total. The van der Waals surface area contributed by atoms with Gasteiger partial charge in [-0.25, -0.2) is 0 Å². The van der Waals surface area contributed by atoms with Gasteiger partial charge in [0.15, 0.2) is 11.5 Å². The normalized spacial score (nSPS) is 10.9. The van der Waals surface area contributed by atoms with Gasteiger partial charge in [0.05, 0.1) is 11.6 Å². The van der Waals surface area contributed by atoms with Crippen molar-refractivity contribution < 1.29 is 14.3 Å². The summed E-state index contributed by atoms with van der Waals surface area (Å²) in [6, 6.07) is 19.6. The molecule has 3 rings (SSSR count). The summed E-state index contributed by atoms with van der Waals surface area (Å²) < 4.78 is 12.5. The highest BCUT2D eigenvalue weighted by Gasteiger charge is 2.15. The van der Waals surface area contributed by atoms with E-state index in [1.54, 1.807) is 48.5 Å². The van der Waals surface area contributed by atoms with Gasteiger partial charge in [-0.05, 0) is 72.7 Å². The maximum absolute atomic E-state index is 12.6. The van der Waals surface area contributed by atoms with Crippen LogP contribution in [0.15, 0.2) is 70.7 Å². The van der Waals surface area contributed by atoms with Crippen LogP contribution in [0.2, 0.25) is 10.0 Å². The van der Waals surface area contributed by atoms with Crippen LogP contribution in [0.5, 0.6) is 11.5 Å². The zero-order valence-corrected chi connectivity index (χ0v) is 20.7. The number of halogens is 3. The van der Waals surface area contributed by atoms with Crippen molar-refractivity contribution in [1.29, 1.82) is 5.26 Å². The highest BCUT2D eigenvalue weighted by atomic mass is 79.9. The summed E-state index contributed by atoms with van der Waals surface area (Å²) >= 11 is 15.8. The predicted molar refractivity (Wildman–Crippen MR) is 135 cm³/mol. The van der Waals surface area contributed by atoms with Crippen LogP contribution >= 0.6 is 39.1 Å². The third-order valence-electron chi connectivity index (χ3n) is 4.38. The topological polar surface area (TPSA) is 71.3 Å². The fraction of sp³-hybridized carbons (Fsp3) is 0.120. The van der Waals surface area contributed by atoms with Gasteiger partial charge in [-0.1, -0.05) is 51.3 Å². The summed E-state index contributed by atoms with van der Waals surface area (Å²) in [6.45, 7) is 2.46. The molecule has 0 aliphatic carbocycles. The Kier molecular flexibility index (Phi) is 8.79. The number of rotatable bonds is 8. The number of carbonyl (C=O) groups excluding carboxylic acids is 1. The first-order valence-corrected chi connectivity index (χ1v) is 11.5. The first kappa shape index (κ1) is 24.7. The molecule has 0 unspecified atom stereocenters. The summed E-state index contributed by atoms with van der Waals surface area (Å²) in [5, 5.41) is 13.1. The number of ether oxygens (including phenoxy) is 2. The number of benzene rings is 3. The number of nitriles is 1. The van der Waals surface area contributed by atoms with Crippen LogP contribution in [0.4, 0.5) is 5.69 Å². The Balaban J connectivity index is 1.84. The number of nitrogens with zero attached hydrogens (tertiary/aromatic N) is 1. The maximum atomic E-state index is 12.6. The lowest BCUT2D eigenvalue weighted by Crippen LogP contribution is -2.13. The Labute approximate surface area is 210 Å². The highest BCUT2D eigenvalue weighted by molar-refractivity contribution is 9.10. The van der Waals surface area contributed by atoms with Crippen molar-refractivity contribution in [2.75, 3.05) is 11.9 Å². The highest BCUT2D eigenvalue weighted by Crippen LogP contribution is 2.38. The molecule has 0 heterocycles. The fourth-order valence-corrected chi connectivity index (χ4v) is 3.65. The summed E-state index contributed by atoms with van der Waals surface area (Å²) in [7, 11) is 0. The molecule has 0 radical (unpaired) electrons. The number of amides is 1. The number of anilines is 1. The van der Waals surface area contributed by atoms with E-state index in [0.29, 0.717) is 39.4 Å². The quantitative estimate of drug-likeness (QED) is 0.238. The van der Waals surface area contributed by atoms with Gasteiger partial charge in [0.2, 0.25) is 0 Å². The molecule has 3 aromatic carbocycles. The molecule has 5 nitrogen and oxygen atoms in total. The largest absolute Gasteiger partial charge is 0.490 e. The Bertz CT molecular complexity index is 1220. The number of nitrogens with one attached hydrogen (secondary N) is 1. The first-order chi connectivity index (χ1) is 15.9. The van der Waals surface area contributed by atoms with Crippen LogP contribution in [0, 0.1) is 11.3 Å². The van der Waals surface area contributed by atoms with E-state index in [-0.39, 0.29) is 12.2 Å². The van der Waals surface area contributed by atoms with Gasteiger partial charge < -0.3 is 14.8 Å². The maximum Gasteiger partial charge on any atom is 0.266 e. The minimum absolute atomic E-state index is 0.0796. The zero-order valence-electron chi connectivity index (χ0n) is 17.6. The molecule has 0 aliphatic heterocycles. The number of hydrogen-bond acceptors (Lipinski definition) is 4. The minimum Gasteiger partial charge on any atom is -0.490 e. The van der Waals surface area contributed by atoms with Crippen molar-refractivity contribution in [3.63, 3.8) is 0 Å². The third kappa shape index (κ3) is 7.00. The molecular formula is C25H19BrCl2N2O3. The van der Waals surface area contributed by atoms with Crippen molar-refractivity contribution in [1.82, 2.24) is 0 Å². The van der Waals surface area contributed by atoms with Gasteiger partial charge in [-0.2, -0.15) is 5.26 Å². The van der Waals surface area contributed by atoms with E-state index >= 15 is 0 Å². The average Bonchev–Trinajstić information content (AvgIpc) is 2.78. The van der Waals surface area contributed by atoms with Crippen molar-refractivity contribution in [3.8, 4) is 17.6 Å². The molecular weight excluding hydrogens is 527 g/mol. The van der Waals surface area contributed by atoms with Crippen LogP contribution in [-0.2, 0) is 11.4 Å². The van der Waals surface area contributed by atoms with Crippen molar-refractivity contribution in [2.45, 2.75) is 13.5 Å². The molecule has 1 amide bonds. The Morgan fingerprint density at radius 1 is 1.12 bits per heavy atom. The first-order valence-electron chi connectivity index (χ1n) is 9.92. The average molecular weight is 546 g/mol. The van der Waals surface area contributed by atoms with Gasteiger partial charge in [0.1, 0.15) is 18.2 Å². The monoisotopic (exact) mass is 544 g/mol. The van der Waals surface area contributed by atoms with Gasteiger partial charge in [0.25, 0.3) is 5.91 Å². The second-order valence-electron chi connectivity index (χ2n) is 6.81. The fourth-order valence-electron chi connectivity index (χ4n) is 2.90. The smallest absolute Gasteiger partial charge is 0.266 e. The standard InChI is InChI=1S/C25H19BrCl2N2O3/c1-2-32-23-13-17(10-18(14-29)25(31)30-21-8-6-19(26)7-9-21)12-22(28)24(23)33-15-16-4-3-5-20(27)11-16/h3-13H,2,15H2,1H3,(H,30,31)/b18-10+. The molecule has 168 valence electrons. The number of hydrogen-bond donors (Lipinski definition) is 1. The van der Waals surface area contributed by atoms with Crippen molar-refractivity contribution in [2.24, 2.45) is 0 Å². The van der Waals surface area contributed by atoms with E-state index in [1.165, 1.54) is 6.08 Å². The molecule has 0 saturated carbocycles. The molecule has 0 aliphatic rings. The lowest BCUT2D eigenvalue weighted by Gasteiger charge is -2.15. The molecule has 0 bridgehead atoms. The van der Waals surface area contributed by atoms with E-state index in [4.69, 9.17) is 32.7 Å². The van der Waals surface area contributed by atoms with Crippen LogP contribution in [-0.4, -0.2) is 12.5 Å². The Hall–Kier alpha value is -2.98. The molecule has 0 saturated heterocycles. The lowest BCUT2D eigenvalue weighted by molar-refractivity contribution is -0.112. The van der Waals surface area contributed by atoms with Crippen LogP contribution in [0.3, 0.4) is 0 Å². The van der Waals surface area contributed by atoms with E-state index < -0.39 is 5.91 Å². The Morgan fingerprint density at radius 2 is 1.88 bits per heavy atom. The summed E-state index contributed by atoms with van der Waals surface area (Å²) in [6.07, 6.45) is 1.45. The minimum atomic E-state index is -0.532. The summed E-state index contributed by atoms with van der Waals surface area (Å²) in [5.74, 6) is 0.243. The van der Waals surface area contributed by atoms with E-state index in [0.717, 1.165) is 10.0 Å². The van der Waals surface area contributed by atoms with Crippen LogP contribution in [0.25, 0.3) is 6.08 Å². The van der Waals surface area contributed by atoms with Gasteiger partial charge in [0, 0.05) is 15.2 Å². The van der Waals surface area contributed by atoms with Gasteiger partial charge >= 0.3 is 0 Å². The second-order valence-corrected chi connectivity index (χ2v) is 8.57. The predicted octanol–water partition coefficient (Wildman–Crippen LogP) is 7.28. The summed E-state index contributed by atoms with van der Waals surface area (Å²) in [5.41, 5.74) is 1.90. The molecule has 3 aromatic rings. The molecule has 0 fully saturated rings. The summed E-state index contributed by atoms with van der Waals surface area (Å²) in [4.78, 5) is 12.6.